The van der Waals surface area contributed by atoms with Gasteiger partial charge in [0.15, 0.2) is 0 Å². The molecule has 0 saturated carbocycles. The summed E-state index contributed by atoms with van der Waals surface area (Å²) in [5, 5.41) is 14.3. The Balaban J connectivity index is 1.64. The van der Waals surface area contributed by atoms with Crippen molar-refractivity contribution < 1.29 is 17.2 Å². The third-order valence-electron chi connectivity index (χ3n) is 3.52. The van der Waals surface area contributed by atoms with Gasteiger partial charge in [-0.3, -0.25) is 5.10 Å². The third-order valence-corrected chi connectivity index (χ3v) is 5.24. The Morgan fingerprint density at radius 1 is 1.20 bits per heavy atom. The number of benzene rings is 1. The molecule has 10 heteroatoms. The topological polar surface area (TPSA) is 114 Å². The van der Waals surface area contributed by atoms with Crippen LogP contribution in [0.15, 0.2) is 33.6 Å². The van der Waals surface area contributed by atoms with Gasteiger partial charge < -0.3 is 4.42 Å². The molecular formula is C15H16FN5O3S. The number of halogens is 1. The van der Waals surface area contributed by atoms with E-state index in [4.69, 9.17) is 4.42 Å². The zero-order chi connectivity index (χ0) is 18.0. The van der Waals surface area contributed by atoms with Crippen LogP contribution < -0.4 is 4.72 Å². The molecule has 0 fully saturated rings. The Kier molecular flexibility index (Phi) is 4.64. The number of hydrogen-bond donors (Lipinski definition) is 2. The molecule has 132 valence electrons. The first-order valence-electron chi connectivity index (χ1n) is 7.46. The quantitative estimate of drug-likeness (QED) is 0.688. The summed E-state index contributed by atoms with van der Waals surface area (Å²) in [7, 11) is -3.67. The minimum absolute atomic E-state index is 0.0947. The highest BCUT2D eigenvalue weighted by molar-refractivity contribution is 7.89. The molecule has 0 atom stereocenters. The van der Waals surface area contributed by atoms with Crippen molar-refractivity contribution in [2.75, 3.05) is 6.54 Å². The molecule has 2 heterocycles. The van der Waals surface area contributed by atoms with Crippen LogP contribution in [0, 0.1) is 19.7 Å². The normalized spacial score (nSPS) is 11.8. The van der Waals surface area contributed by atoms with Crippen LogP contribution in [0.25, 0.3) is 11.5 Å². The maximum absolute atomic E-state index is 12.9. The second kappa shape index (κ2) is 6.73. The third kappa shape index (κ3) is 3.74. The molecule has 0 radical (unpaired) electrons. The molecule has 0 aliphatic rings. The van der Waals surface area contributed by atoms with E-state index in [2.05, 4.69) is 25.1 Å². The predicted octanol–water partition coefficient (Wildman–Crippen LogP) is 1.74. The van der Waals surface area contributed by atoms with Crippen molar-refractivity contribution >= 4 is 10.0 Å². The van der Waals surface area contributed by atoms with E-state index < -0.39 is 10.0 Å². The van der Waals surface area contributed by atoms with Crippen molar-refractivity contribution in [2.45, 2.75) is 25.2 Å². The molecule has 8 nitrogen and oxygen atoms in total. The van der Waals surface area contributed by atoms with E-state index in [-0.39, 0.29) is 35.5 Å². The second-order valence-corrected chi connectivity index (χ2v) is 7.12. The van der Waals surface area contributed by atoms with Crippen LogP contribution >= 0.6 is 0 Å². The summed E-state index contributed by atoms with van der Waals surface area (Å²) in [5.41, 5.74) is 1.47. The van der Waals surface area contributed by atoms with Crippen LogP contribution in [0.2, 0.25) is 0 Å². The average molecular weight is 365 g/mol. The number of H-pyrrole nitrogens is 1. The van der Waals surface area contributed by atoms with E-state index in [0.29, 0.717) is 17.0 Å². The van der Waals surface area contributed by atoms with Gasteiger partial charge in [0.2, 0.25) is 21.8 Å². The number of sulfonamides is 1. The number of hydrogen-bond acceptors (Lipinski definition) is 6. The Labute approximate surface area is 143 Å². The molecule has 0 aliphatic carbocycles. The SMILES string of the molecule is Cc1n[nH]c(C)c1S(=O)(=O)NCCc1nnc(-c2ccc(F)cc2)o1. The lowest BCUT2D eigenvalue weighted by Crippen LogP contribution is -2.27. The zero-order valence-corrected chi connectivity index (χ0v) is 14.4. The highest BCUT2D eigenvalue weighted by Gasteiger charge is 2.22. The van der Waals surface area contributed by atoms with E-state index >= 15 is 0 Å². The molecule has 0 spiro atoms. The molecule has 0 amide bonds. The van der Waals surface area contributed by atoms with Crippen molar-refractivity contribution in [2.24, 2.45) is 0 Å². The van der Waals surface area contributed by atoms with Crippen LogP contribution in [0.3, 0.4) is 0 Å². The number of aromatic amines is 1. The largest absolute Gasteiger partial charge is 0.421 e. The van der Waals surface area contributed by atoms with Gasteiger partial charge in [0.05, 0.1) is 11.4 Å². The second-order valence-electron chi connectivity index (χ2n) is 5.42. The van der Waals surface area contributed by atoms with Gasteiger partial charge in [-0.15, -0.1) is 10.2 Å². The molecule has 1 aromatic carbocycles. The minimum atomic E-state index is -3.67. The van der Waals surface area contributed by atoms with Crippen molar-refractivity contribution in [1.29, 1.82) is 0 Å². The summed E-state index contributed by atoms with van der Waals surface area (Å²) in [4.78, 5) is 0.144. The number of aryl methyl sites for hydroxylation is 2. The number of nitrogens with one attached hydrogen (secondary N) is 2. The molecule has 3 rings (SSSR count). The Morgan fingerprint density at radius 3 is 2.56 bits per heavy atom. The van der Waals surface area contributed by atoms with E-state index in [9.17, 15) is 12.8 Å². The van der Waals surface area contributed by atoms with Crippen LogP contribution in [-0.2, 0) is 16.4 Å². The zero-order valence-electron chi connectivity index (χ0n) is 13.6. The first-order valence-corrected chi connectivity index (χ1v) is 8.94. The van der Waals surface area contributed by atoms with Crippen LogP contribution in [0.4, 0.5) is 4.39 Å². The van der Waals surface area contributed by atoms with Gasteiger partial charge >= 0.3 is 0 Å². The van der Waals surface area contributed by atoms with E-state index in [1.807, 2.05) is 0 Å². The maximum Gasteiger partial charge on any atom is 0.247 e. The van der Waals surface area contributed by atoms with Crippen molar-refractivity contribution in [1.82, 2.24) is 25.1 Å². The number of nitrogens with zero attached hydrogens (tertiary/aromatic N) is 3. The van der Waals surface area contributed by atoms with Crippen molar-refractivity contribution in [3.63, 3.8) is 0 Å². The fourth-order valence-corrected chi connectivity index (χ4v) is 3.76. The number of aromatic nitrogens is 4. The lowest BCUT2D eigenvalue weighted by Gasteiger charge is -2.05. The molecule has 0 unspecified atom stereocenters. The fourth-order valence-electron chi connectivity index (χ4n) is 2.36. The summed E-state index contributed by atoms with van der Waals surface area (Å²) in [6.45, 7) is 3.35. The van der Waals surface area contributed by atoms with Gasteiger partial charge in [-0.2, -0.15) is 5.10 Å². The van der Waals surface area contributed by atoms with Gasteiger partial charge in [0, 0.05) is 18.5 Å². The summed E-state index contributed by atoms with van der Waals surface area (Å²) in [6, 6.07) is 5.64. The van der Waals surface area contributed by atoms with Crippen LogP contribution in [0.1, 0.15) is 17.3 Å². The van der Waals surface area contributed by atoms with E-state index in [0.717, 1.165) is 0 Å². The lowest BCUT2D eigenvalue weighted by molar-refractivity contribution is 0.501. The Morgan fingerprint density at radius 2 is 1.92 bits per heavy atom. The predicted molar refractivity (Wildman–Crippen MR) is 86.6 cm³/mol. The van der Waals surface area contributed by atoms with Gasteiger partial charge in [-0.1, -0.05) is 0 Å². The summed E-state index contributed by atoms with van der Waals surface area (Å²) < 4.78 is 45.5. The molecule has 2 N–H and O–H groups in total. The summed E-state index contributed by atoms with van der Waals surface area (Å²) in [6.07, 6.45) is 0.226. The van der Waals surface area contributed by atoms with E-state index in [1.54, 1.807) is 13.8 Å². The number of rotatable bonds is 6. The molecule has 3 aromatic rings. The smallest absolute Gasteiger partial charge is 0.247 e. The van der Waals surface area contributed by atoms with Gasteiger partial charge in [-0.05, 0) is 38.1 Å². The summed E-state index contributed by atoms with van der Waals surface area (Å²) >= 11 is 0. The monoisotopic (exact) mass is 365 g/mol. The molecular weight excluding hydrogens is 349 g/mol. The Hall–Kier alpha value is -2.59. The van der Waals surface area contributed by atoms with Crippen molar-refractivity contribution in [3.05, 3.63) is 47.4 Å². The summed E-state index contributed by atoms with van der Waals surface area (Å²) in [5.74, 6) is 0.171. The fraction of sp³-hybridized carbons (Fsp3) is 0.267. The molecule has 0 saturated heterocycles. The first kappa shape index (κ1) is 17.2. The Bertz CT molecular complexity index is 960. The average Bonchev–Trinajstić information content (AvgIpc) is 3.15. The van der Waals surface area contributed by atoms with Gasteiger partial charge in [0.25, 0.3) is 0 Å². The van der Waals surface area contributed by atoms with Crippen LogP contribution in [-0.4, -0.2) is 35.4 Å². The lowest BCUT2D eigenvalue weighted by atomic mass is 10.2. The van der Waals surface area contributed by atoms with E-state index in [1.165, 1.54) is 24.3 Å². The van der Waals surface area contributed by atoms with Gasteiger partial charge in [-0.25, -0.2) is 17.5 Å². The molecule has 2 aromatic heterocycles. The molecule has 0 aliphatic heterocycles. The highest BCUT2D eigenvalue weighted by Crippen LogP contribution is 2.19. The maximum atomic E-state index is 12.9. The standard InChI is InChI=1S/C15H16FN5O3S/c1-9-14(10(2)19-18-9)25(22,23)17-8-7-13-20-21-15(24-13)11-3-5-12(16)6-4-11/h3-6,17H,7-8H2,1-2H3,(H,18,19). The van der Waals surface area contributed by atoms with Crippen LogP contribution in [0.5, 0.6) is 0 Å². The molecule has 25 heavy (non-hydrogen) atoms. The minimum Gasteiger partial charge on any atom is -0.421 e. The van der Waals surface area contributed by atoms with Crippen molar-refractivity contribution in [3.8, 4) is 11.5 Å². The first-order chi connectivity index (χ1) is 11.9. The van der Waals surface area contributed by atoms with Gasteiger partial charge in [0.1, 0.15) is 10.7 Å². The highest BCUT2D eigenvalue weighted by atomic mass is 32.2. The molecule has 0 bridgehead atoms.